The summed E-state index contributed by atoms with van der Waals surface area (Å²) in [5.74, 6) is 0.0533. The van der Waals surface area contributed by atoms with Gasteiger partial charge in [0.25, 0.3) is 0 Å². The number of hydrogen-bond donors (Lipinski definition) is 7. The van der Waals surface area contributed by atoms with Gasteiger partial charge < -0.3 is 36.4 Å². The van der Waals surface area contributed by atoms with Crippen molar-refractivity contribution in [1.29, 1.82) is 5.41 Å². The minimum absolute atomic E-state index is 0.0533. The Balaban J connectivity index is 1.72. The van der Waals surface area contributed by atoms with E-state index in [9.17, 15) is 20.4 Å². The second kappa shape index (κ2) is 12.3. The zero-order valence-electron chi connectivity index (χ0n) is 18.7. The molecule has 1 fully saturated rings. The average molecular weight is 438 g/mol. The fourth-order valence-electron chi connectivity index (χ4n) is 4.08. The highest BCUT2D eigenvalue weighted by molar-refractivity contribution is 6.00. The first-order valence-corrected chi connectivity index (χ1v) is 11.0. The summed E-state index contributed by atoms with van der Waals surface area (Å²) in [4.78, 5) is 3.93. The molecule has 0 aromatic heterocycles. The van der Waals surface area contributed by atoms with Gasteiger partial charge in [0.15, 0.2) is 0 Å². The lowest BCUT2D eigenvalue weighted by molar-refractivity contribution is -0.145. The van der Waals surface area contributed by atoms with Gasteiger partial charge in [0.2, 0.25) is 0 Å². The smallest absolute Gasteiger partial charge is 0.124 e. The number of likely N-dealkylation sites (tertiary alicyclic amines) is 1. The fraction of sp³-hybridized carbons (Fsp3) is 0.682. The van der Waals surface area contributed by atoms with Gasteiger partial charge in [-0.15, -0.1) is 0 Å². The molecular weight excluding hydrogens is 398 g/mol. The lowest BCUT2D eigenvalue weighted by Gasteiger charge is -2.43. The first-order valence-electron chi connectivity index (χ1n) is 11.0. The third-order valence-corrected chi connectivity index (χ3v) is 5.78. The SMILES string of the molecule is CN(C)Cc1ccc(NCCCCCCN2C[C@H](O)[C@@H](O)[C@H](O)[C@H]2CO)c(C(=N)N)c1. The molecule has 8 N–H and O–H groups in total. The summed E-state index contributed by atoms with van der Waals surface area (Å²) in [5.41, 5.74) is 8.47. The van der Waals surface area contributed by atoms with E-state index in [2.05, 4.69) is 10.2 Å². The number of anilines is 1. The van der Waals surface area contributed by atoms with Crippen molar-refractivity contribution in [2.24, 2.45) is 5.73 Å². The van der Waals surface area contributed by atoms with Crippen LogP contribution in [-0.4, -0.2) is 101 Å². The van der Waals surface area contributed by atoms with Crippen molar-refractivity contribution in [1.82, 2.24) is 9.80 Å². The second-order valence-corrected chi connectivity index (χ2v) is 8.67. The number of benzene rings is 1. The molecule has 9 heteroatoms. The highest BCUT2D eigenvalue weighted by Crippen LogP contribution is 2.20. The molecule has 0 spiro atoms. The number of β-amino-alcohol motifs (C(OH)–C–C–N with tert-alkyl or cyclic N) is 1. The maximum Gasteiger partial charge on any atom is 0.124 e. The van der Waals surface area contributed by atoms with Crippen LogP contribution < -0.4 is 11.1 Å². The lowest BCUT2D eigenvalue weighted by atomic mass is 9.94. The van der Waals surface area contributed by atoms with E-state index in [-0.39, 0.29) is 19.0 Å². The molecule has 0 bridgehead atoms. The molecule has 1 aliphatic heterocycles. The number of unbranched alkanes of at least 4 members (excludes halogenated alkanes) is 3. The topological polar surface area (TPSA) is 149 Å². The molecule has 0 radical (unpaired) electrons. The number of nitrogen functional groups attached to an aromatic ring is 1. The van der Waals surface area contributed by atoms with Crippen LogP contribution in [0, 0.1) is 5.41 Å². The number of nitrogens with zero attached hydrogens (tertiary/aromatic N) is 2. The van der Waals surface area contributed by atoms with Gasteiger partial charge in [-0.25, -0.2) is 0 Å². The van der Waals surface area contributed by atoms with Crippen LogP contribution >= 0.6 is 0 Å². The highest BCUT2D eigenvalue weighted by Gasteiger charge is 2.40. The van der Waals surface area contributed by atoms with Crippen LogP contribution in [0.4, 0.5) is 5.69 Å². The first-order chi connectivity index (χ1) is 14.7. The Morgan fingerprint density at radius 3 is 2.52 bits per heavy atom. The molecule has 176 valence electrons. The number of nitrogens with two attached hydrogens (primary N) is 1. The Kier molecular flexibility index (Phi) is 10.1. The standard InChI is InChI=1S/C22H39N5O4/c1-26(2)12-15-7-8-17(16(11-15)22(23)24)25-9-5-3-4-6-10-27-13-19(29)21(31)20(30)18(27)14-28/h7-8,11,18-21,25,28-31H,3-6,9-10,12-14H2,1-2H3,(H3,23,24)/t18-,19+,20-,21-/m1/s1. The Morgan fingerprint density at radius 1 is 1.16 bits per heavy atom. The van der Waals surface area contributed by atoms with E-state index in [0.29, 0.717) is 6.54 Å². The number of aliphatic hydroxyl groups excluding tert-OH is 4. The predicted octanol–water partition coefficient (Wildman–Crippen LogP) is -0.236. The van der Waals surface area contributed by atoms with Crippen LogP contribution in [0.5, 0.6) is 0 Å². The summed E-state index contributed by atoms with van der Waals surface area (Å²) >= 11 is 0. The normalized spacial score (nSPS) is 24.5. The summed E-state index contributed by atoms with van der Waals surface area (Å²) < 4.78 is 0. The highest BCUT2D eigenvalue weighted by atomic mass is 16.4. The van der Waals surface area contributed by atoms with Gasteiger partial charge in [-0.1, -0.05) is 18.9 Å². The summed E-state index contributed by atoms with van der Waals surface area (Å²) in [6.07, 6.45) is 0.475. The third kappa shape index (κ3) is 7.41. The molecule has 0 saturated carbocycles. The van der Waals surface area contributed by atoms with Crippen molar-refractivity contribution in [3.05, 3.63) is 29.3 Å². The van der Waals surface area contributed by atoms with Crippen LogP contribution in [0.1, 0.15) is 36.8 Å². The van der Waals surface area contributed by atoms with Gasteiger partial charge in [-0.2, -0.15) is 0 Å². The fourth-order valence-corrected chi connectivity index (χ4v) is 4.08. The van der Waals surface area contributed by atoms with E-state index >= 15 is 0 Å². The number of rotatable bonds is 12. The molecule has 31 heavy (non-hydrogen) atoms. The molecule has 1 heterocycles. The van der Waals surface area contributed by atoms with Crippen molar-refractivity contribution < 1.29 is 20.4 Å². The molecular formula is C22H39N5O4. The van der Waals surface area contributed by atoms with Gasteiger partial charge in [0.05, 0.1) is 18.8 Å². The molecule has 2 rings (SSSR count). The first kappa shape index (κ1) is 25.5. The summed E-state index contributed by atoms with van der Waals surface area (Å²) in [6, 6.07) is 5.44. The quantitative estimate of drug-likeness (QED) is 0.135. The Hall–Kier alpha value is -1.75. The molecule has 4 atom stereocenters. The van der Waals surface area contributed by atoms with E-state index in [1.807, 2.05) is 37.2 Å². The number of aliphatic hydroxyl groups is 4. The van der Waals surface area contributed by atoms with Crippen molar-refractivity contribution in [3.63, 3.8) is 0 Å². The zero-order chi connectivity index (χ0) is 23.0. The average Bonchev–Trinajstić information content (AvgIpc) is 2.71. The van der Waals surface area contributed by atoms with Crippen molar-refractivity contribution in [3.8, 4) is 0 Å². The minimum atomic E-state index is -1.21. The van der Waals surface area contributed by atoms with E-state index in [1.54, 1.807) is 0 Å². The zero-order valence-corrected chi connectivity index (χ0v) is 18.7. The third-order valence-electron chi connectivity index (χ3n) is 5.78. The molecule has 0 amide bonds. The van der Waals surface area contributed by atoms with E-state index in [0.717, 1.165) is 55.6 Å². The summed E-state index contributed by atoms with van der Waals surface area (Å²) in [7, 11) is 4.00. The van der Waals surface area contributed by atoms with E-state index in [4.69, 9.17) is 11.1 Å². The Labute approximate surface area is 185 Å². The number of nitrogens with one attached hydrogen (secondary N) is 2. The number of piperidine rings is 1. The predicted molar refractivity (Wildman–Crippen MR) is 122 cm³/mol. The molecule has 0 aliphatic carbocycles. The van der Waals surface area contributed by atoms with Gasteiger partial charge in [0.1, 0.15) is 18.0 Å². The Morgan fingerprint density at radius 2 is 1.87 bits per heavy atom. The molecule has 1 aromatic carbocycles. The van der Waals surface area contributed by atoms with Crippen molar-refractivity contribution >= 4 is 11.5 Å². The van der Waals surface area contributed by atoms with Crippen LogP contribution in [-0.2, 0) is 6.54 Å². The van der Waals surface area contributed by atoms with Gasteiger partial charge in [0, 0.05) is 30.9 Å². The van der Waals surface area contributed by atoms with Crippen LogP contribution in [0.25, 0.3) is 0 Å². The van der Waals surface area contributed by atoms with Crippen LogP contribution in [0.2, 0.25) is 0 Å². The molecule has 9 nitrogen and oxygen atoms in total. The van der Waals surface area contributed by atoms with Gasteiger partial charge in [-0.05, 0) is 51.2 Å². The lowest BCUT2D eigenvalue weighted by Crippen LogP contribution is -2.62. The van der Waals surface area contributed by atoms with E-state index in [1.165, 1.54) is 0 Å². The number of hydrogen-bond acceptors (Lipinski definition) is 8. The summed E-state index contributed by atoms with van der Waals surface area (Å²) in [6.45, 7) is 2.23. The van der Waals surface area contributed by atoms with Crippen LogP contribution in [0.3, 0.4) is 0 Å². The number of amidine groups is 1. The molecule has 1 saturated heterocycles. The van der Waals surface area contributed by atoms with Gasteiger partial charge in [-0.3, -0.25) is 10.3 Å². The van der Waals surface area contributed by atoms with Crippen molar-refractivity contribution in [2.75, 3.05) is 45.7 Å². The Bertz CT molecular complexity index is 702. The van der Waals surface area contributed by atoms with Crippen molar-refractivity contribution in [2.45, 2.75) is 56.6 Å². The maximum atomic E-state index is 10.0. The molecule has 1 aliphatic rings. The maximum absolute atomic E-state index is 10.0. The van der Waals surface area contributed by atoms with Crippen LogP contribution in [0.15, 0.2) is 18.2 Å². The molecule has 1 aromatic rings. The second-order valence-electron chi connectivity index (χ2n) is 8.67. The summed E-state index contributed by atoms with van der Waals surface area (Å²) in [5, 5.41) is 50.4. The minimum Gasteiger partial charge on any atom is -0.395 e. The monoisotopic (exact) mass is 437 g/mol. The molecule has 0 unspecified atom stereocenters. The van der Waals surface area contributed by atoms with E-state index < -0.39 is 24.4 Å². The van der Waals surface area contributed by atoms with Gasteiger partial charge >= 0.3 is 0 Å². The largest absolute Gasteiger partial charge is 0.395 e.